The zero-order valence-corrected chi connectivity index (χ0v) is 9.35. The average Bonchev–Trinajstić information content (AvgIpc) is 2.75. The van der Waals surface area contributed by atoms with Gasteiger partial charge in [-0.1, -0.05) is 0 Å². The number of piperidine rings is 1. The Labute approximate surface area is 98.1 Å². The lowest BCUT2D eigenvalue weighted by molar-refractivity contribution is -0.123. The first kappa shape index (κ1) is 11.4. The molecular weight excluding hydrogens is 222 g/mol. The maximum absolute atomic E-state index is 12.1. The molecule has 0 aliphatic carbocycles. The average molecular weight is 237 g/mol. The summed E-state index contributed by atoms with van der Waals surface area (Å²) in [5, 5.41) is 6.24. The summed E-state index contributed by atoms with van der Waals surface area (Å²) in [6.07, 6.45) is 2.40. The molecule has 1 fully saturated rings. The van der Waals surface area contributed by atoms with Crippen LogP contribution in [0.3, 0.4) is 0 Å². The quantitative estimate of drug-likeness (QED) is 0.640. The van der Waals surface area contributed by atoms with Crippen molar-refractivity contribution in [3.63, 3.8) is 0 Å². The van der Waals surface area contributed by atoms with Gasteiger partial charge in [0, 0.05) is 12.6 Å². The first-order valence-electron chi connectivity index (χ1n) is 5.51. The molecular formula is C10H15N5O2. The van der Waals surface area contributed by atoms with Gasteiger partial charge >= 0.3 is 0 Å². The largest absolute Gasteiger partial charge is 0.382 e. The Kier molecular flexibility index (Phi) is 2.99. The number of aromatic amines is 1. The van der Waals surface area contributed by atoms with E-state index in [0.29, 0.717) is 13.0 Å². The molecule has 1 aliphatic rings. The summed E-state index contributed by atoms with van der Waals surface area (Å²) in [4.78, 5) is 24.9. The van der Waals surface area contributed by atoms with E-state index in [9.17, 15) is 9.59 Å². The van der Waals surface area contributed by atoms with Crippen LogP contribution >= 0.6 is 0 Å². The van der Waals surface area contributed by atoms with Gasteiger partial charge in [-0.15, -0.1) is 0 Å². The number of rotatable bonds is 2. The molecule has 92 valence electrons. The number of H-pyrrole nitrogens is 1. The highest BCUT2D eigenvalue weighted by Gasteiger charge is 2.31. The van der Waals surface area contributed by atoms with E-state index >= 15 is 0 Å². The van der Waals surface area contributed by atoms with Gasteiger partial charge in [-0.3, -0.25) is 14.7 Å². The second-order valence-electron chi connectivity index (χ2n) is 4.12. The predicted octanol–water partition coefficient (Wildman–Crippen LogP) is -0.528. The van der Waals surface area contributed by atoms with Gasteiger partial charge in [-0.2, -0.15) is 5.10 Å². The summed E-state index contributed by atoms with van der Waals surface area (Å²) in [6.45, 7) is 0.533. The Bertz CT molecular complexity index is 442. The molecule has 1 unspecified atom stereocenters. The van der Waals surface area contributed by atoms with Crippen LogP contribution in [0.5, 0.6) is 0 Å². The van der Waals surface area contributed by atoms with Gasteiger partial charge in [0.15, 0.2) is 0 Å². The molecule has 0 spiro atoms. The van der Waals surface area contributed by atoms with E-state index in [1.807, 2.05) is 0 Å². The summed E-state index contributed by atoms with van der Waals surface area (Å²) < 4.78 is 0. The van der Waals surface area contributed by atoms with E-state index in [1.165, 1.54) is 11.0 Å². The number of nitrogens with one attached hydrogen (secondary N) is 1. The lowest BCUT2D eigenvalue weighted by Gasteiger charge is -2.33. The number of primary amides is 1. The van der Waals surface area contributed by atoms with Crippen LogP contribution in [0.2, 0.25) is 0 Å². The van der Waals surface area contributed by atoms with Crippen LogP contribution in [0, 0.1) is 0 Å². The van der Waals surface area contributed by atoms with E-state index in [0.717, 1.165) is 12.8 Å². The molecule has 1 aromatic heterocycles. The lowest BCUT2D eigenvalue weighted by atomic mass is 10.0. The van der Waals surface area contributed by atoms with Gasteiger partial charge in [-0.05, 0) is 19.3 Å². The first-order valence-corrected chi connectivity index (χ1v) is 5.51. The zero-order chi connectivity index (χ0) is 12.4. The number of hydrogen-bond donors (Lipinski definition) is 3. The SMILES string of the molecule is NC(=O)C1CCCCN1C(=O)c1cc(N)n[nH]1. The summed E-state index contributed by atoms with van der Waals surface area (Å²) >= 11 is 0. The molecule has 7 nitrogen and oxygen atoms in total. The lowest BCUT2D eigenvalue weighted by Crippen LogP contribution is -2.50. The minimum Gasteiger partial charge on any atom is -0.382 e. The Morgan fingerprint density at radius 3 is 2.82 bits per heavy atom. The third-order valence-corrected chi connectivity index (χ3v) is 2.92. The number of nitrogen functional groups attached to an aromatic ring is 1. The number of nitrogens with zero attached hydrogens (tertiary/aromatic N) is 2. The topological polar surface area (TPSA) is 118 Å². The molecule has 1 atom stereocenters. The van der Waals surface area contributed by atoms with Crippen molar-refractivity contribution in [1.29, 1.82) is 0 Å². The van der Waals surface area contributed by atoms with Crippen LogP contribution in [-0.2, 0) is 4.79 Å². The summed E-state index contributed by atoms with van der Waals surface area (Å²) in [7, 11) is 0. The minimum absolute atomic E-state index is 0.251. The number of likely N-dealkylation sites (tertiary alicyclic amines) is 1. The summed E-state index contributed by atoms with van der Waals surface area (Å²) in [6, 6.07) is 0.926. The van der Waals surface area contributed by atoms with Gasteiger partial charge in [-0.25, -0.2) is 0 Å². The molecule has 17 heavy (non-hydrogen) atoms. The summed E-state index contributed by atoms with van der Waals surface area (Å²) in [5.41, 5.74) is 11.0. The number of anilines is 1. The van der Waals surface area contributed by atoms with Gasteiger partial charge in [0.2, 0.25) is 5.91 Å². The molecule has 2 heterocycles. The second kappa shape index (κ2) is 4.44. The van der Waals surface area contributed by atoms with Crippen molar-refractivity contribution in [2.45, 2.75) is 25.3 Å². The fraction of sp³-hybridized carbons (Fsp3) is 0.500. The normalized spacial score (nSPS) is 20.2. The Morgan fingerprint density at radius 2 is 2.24 bits per heavy atom. The van der Waals surface area contributed by atoms with Crippen LogP contribution in [-0.4, -0.2) is 39.5 Å². The van der Waals surface area contributed by atoms with E-state index in [-0.39, 0.29) is 17.4 Å². The van der Waals surface area contributed by atoms with Crippen molar-refractivity contribution in [3.8, 4) is 0 Å². The molecule has 0 bridgehead atoms. The van der Waals surface area contributed by atoms with Crippen LogP contribution in [0.15, 0.2) is 6.07 Å². The van der Waals surface area contributed by atoms with Crippen LogP contribution in [0.4, 0.5) is 5.82 Å². The predicted molar refractivity (Wildman–Crippen MR) is 60.9 cm³/mol. The molecule has 5 N–H and O–H groups in total. The van der Waals surface area contributed by atoms with E-state index in [2.05, 4.69) is 10.2 Å². The molecule has 1 aliphatic heterocycles. The Balaban J connectivity index is 2.19. The van der Waals surface area contributed by atoms with Crippen molar-refractivity contribution in [3.05, 3.63) is 11.8 Å². The third kappa shape index (κ3) is 2.22. The minimum atomic E-state index is -0.527. The maximum atomic E-state index is 12.1. The van der Waals surface area contributed by atoms with E-state index in [1.54, 1.807) is 0 Å². The number of aromatic nitrogens is 2. The number of nitrogens with two attached hydrogens (primary N) is 2. The third-order valence-electron chi connectivity index (χ3n) is 2.92. The molecule has 0 saturated carbocycles. The Morgan fingerprint density at radius 1 is 1.47 bits per heavy atom. The highest BCUT2D eigenvalue weighted by atomic mass is 16.2. The fourth-order valence-electron chi connectivity index (χ4n) is 2.07. The first-order chi connectivity index (χ1) is 8.09. The van der Waals surface area contributed by atoms with Crippen molar-refractivity contribution < 1.29 is 9.59 Å². The number of carbonyl (C=O) groups excluding carboxylic acids is 2. The van der Waals surface area contributed by atoms with Crippen molar-refractivity contribution in [1.82, 2.24) is 15.1 Å². The van der Waals surface area contributed by atoms with Gasteiger partial charge in [0.05, 0.1) is 0 Å². The zero-order valence-electron chi connectivity index (χ0n) is 9.35. The standard InChI is InChI=1S/C10H15N5O2/c11-8-5-6(13-14-8)10(17)15-4-2-1-3-7(15)9(12)16/h5,7H,1-4H2,(H2,12,16)(H3,11,13,14). The van der Waals surface area contributed by atoms with Gasteiger partial charge in [0.25, 0.3) is 5.91 Å². The van der Waals surface area contributed by atoms with Crippen LogP contribution in [0.1, 0.15) is 29.8 Å². The fourth-order valence-corrected chi connectivity index (χ4v) is 2.07. The van der Waals surface area contributed by atoms with Crippen molar-refractivity contribution >= 4 is 17.6 Å². The van der Waals surface area contributed by atoms with Gasteiger partial charge in [0.1, 0.15) is 17.6 Å². The maximum Gasteiger partial charge on any atom is 0.272 e. The Hall–Kier alpha value is -2.05. The smallest absolute Gasteiger partial charge is 0.272 e. The van der Waals surface area contributed by atoms with E-state index < -0.39 is 11.9 Å². The molecule has 2 rings (SSSR count). The number of hydrogen-bond acceptors (Lipinski definition) is 4. The van der Waals surface area contributed by atoms with E-state index in [4.69, 9.17) is 11.5 Å². The summed E-state index contributed by atoms with van der Waals surface area (Å²) in [5.74, 6) is -0.496. The monoisotopic (exact) mass is 237 g/mol. The molecule has 0 radical (unpaired) electrons. The molecule has 7 heteroatoms. The molecule has 0 aromatic carbocycles. The second-order valence-corrected chi connectivity index (χ2v) is 4.12. The molecule has 1 saturated heterocycles. The highest BCUT2D eigenvalue weighted by molar-refractivity contribution is 5.96. The van der Waals surface area contributed by atoms with Crippen molar-refractivity contribution in [2.24, 2.45) is 5.73 Å². The molecule has 1 aromatic rings. The van der Waals surface area contributed by atoms with Crippen LogP contribution < -0.4 is 11.5 Å². The highest BCUT2D eigenvalue weighted by Crippen LogP contribution is 2.19. The van der Waals surface area contributed by atoms with Crippen LogP contribution in [0.25, 0.3) is 0 Å². The molecule has 2 amide bonds. The number of carbonyl (C=O) groups is 2. The van der Waals surface area contributed by atoms with Crippen molar-refractivity contribution in [2.75, 3.05) is 12.3 Å². The number of amides is 2. The van der Waals surface area contributed by atoms with Gasteiger partial charge < -0.3 is 16.4 Å².